The first-order valence-electron chi connectivity index (χ1n) is 11.7. The summed E-state index contributed by atoms with van der Waals surface area (Å²) in [6.07, 6.45) is -3.52. The Kier molecular flexibility index (Phi) is 7.02. The smallest absolute Gasteiger partial charge is 0.416 e. The number of esters is 1. The van der Waals surface area contributed by atoms with E-state index in [4.69, 9.17) is 10.5 Å². The number of rotatable bonds is 6. The molecular formula is C26H26F3N5O4. The number of nitrogens with two attached hydrogens (primary N) is 1. The van der Waals surface area contributed by atoms with E-state index >= 15 is 0 Å². The van der Waals surface area contributed by atoms with Crippen LogP contribution >= 0.6 is 0 Å². The number of carbonyl (C=O) groups is 1. The second-order valence-electron chi connectivity index (χ2n) is 8.76. The molecule has 2 N–H and O–H groups in total. The SMILES string of the molecule is CCOC(=O)c1cn(-c2ccc3c(nc(CN)n3C)c2C)c(=O)n(Cc2cccc(C(F)(F)F)c2C)c1=O. The van der Waals surface area contributed by atoms with Gasteiger partial charge in [-0.3, -0.25) is 13.9 Å². The Morgan fingerprint density at radius 1 is 1.11 bits per heavy atom. The molecule has 9 nitrogen and oxygen atoms in total. The Hall–Kier alpha value is -4.19. The fraction of sp³-hybridized carbons (Fsp3) is 0.308. The number of ether oxygens (including phenoxy) is 1. The van der Waals surface area contributed by atoms with E-state index < -0.39 is 41.1 Å². The molecule has 4 rings (SSSR count). The number of carbonyl (C=O) groups excluding carboxylic acids is 1. The van der Waals surface area contributed by atoms with E-state index in [1.165, 1.54) is 19.1 Å². The van der Waals surface area contributed by atoms with Crippen molar-refractivity contribution in [2.24, 2.45) is 12.8 Å². The number of benzene rings is 2. The normalized spacial score (nSPS) is 11.8. The van der Waals surface area contributed by atoms with Crippen molar-refractivity contribution < 1.29 is 22.7 Å². The average molecular weight is 530 g/mol. The zero-order chi connectivity index (χ0) is 27.9. The van der Waals surface area contributed by atoms with Gasteiger partial charge in [0, 0.05) is 18.8 Å². The van der Waals surface area contributed by atoms with E-state index in [1.807, 2.05) is 4.57 Å². The van der Waals surface area contributed by atoms with Gasteiger partial charge in [-0.15, -0.1) is 0 Å². The lowest BCUT2D eigenvalue weighted by Crippen LogP contribution is -2.42. The average Bonchev–Trinajstić information content (AvgIpc) is 3.19. The molecular weight excluding hydrogens is 503 g/mol. The number of alkyl halides is 3. The van der Waals surface area contributed by atoms with E-state index in [9.17, 15) is 27.6 Å². The molecule has 2 aromatic heterocycles. The standard InChI is InChI=1S/C26H26F3N5O4/c1-5-38-24(36)17-13-33(19-9-10-20-22(15(19)3)31-21(11-30)32(20)4)25(37)34(23(17)35)12-16-7-6-8-18(14(16)2)26(27,28)29/h6-10,13H,5,11-12,30H2,1-4H3. The van der Waals surface area contributed by atoms with Gasteiger partial charge in [0.15, 0.2) is 0 Å². The van der Waals surface area contributed by atoms with Crippen LogP contribution in [-0.4, -0.2) is 31.3 Å². The number of hydrogen-bond acceptors (Lipinski definition) is 6. The summed E-state index contributed by atoms with van der Waals surface area (Å²) < 4.78 is 49.1. The molecule has 0 aliphatic carbocycles. The highest BCUT2D eigenvalue weighted by Crippen LogP contribution is 2.33. The summed E-state index contributed by atoms with van der Waals surface area (Å²) in [5.41, 5.74) is 4.90. The molecule has 0 aliphatic rings. The van der Waals surface area contributed by atoms with Gasteiger partial charge >= 0.3 is 17.8 Å². The Balaban J connectivity index is 1.98. The Morgan fingerprint density at radius 3 is 2.45 bits per heavy atom. The molecule has 2 heterocycles. The van der Waals surface area contributed by atoms with E-state index in [1.54, 1.807) is 33.0 Å². The molecule has 0 bridgehead atoms. The fourth-order valence-electron chi connectivity index (χ4n) is 4.47. The van der Waals surface area contributed by atoms with Crippen molar-refractivity contribution >= 4 is 17.0 Å². The maximum atomic E-state index is 13.6. The van der Waals surface area contributed by atoms with Crippen molar-refractivity contribution in [2.75, 3.05) is 6.61 Å². The number of aryl methyl sites for hydroxylation is 2. The summed E-state index contributed by atoms with van der Waals surface area (Å²) in [5, 5.41) is 0. The Bertz CT molecular complexity index is 1680. The molecule has 0 radical (unpaired) electrons. The van der Waals surface area contributed by atoms with E-state index in [0.29, 0.717) is 22.6 Å². The zero-order valence-electron chi connectivity index (χ0n) is 21.2. The summed E-state index contributed by atoms with van der Waals surface area (Å²) in [6.45, 7) is 4.24. The Labute approximate surface area is 214 Å². The van der Waals surface area contributed by atoms with Gasteiger partial charge in [0.05, 0.1) is 42.0 Å². The molecule has 4 aromatic rings. The molecule has 0 saturated carbocycles. The third kappa shape index (κ3) is 4.51. The number of hydrogen-bond donors (Lipinski definition) is 1. The summed E-state index contributed by atoms with van der Waals surface area (Å²) in [4.78, 5) is 44.1. The van der Waals surface area contributed by atoms with Crippen molar-refractivity contribution in [3.05, 3.63) is 91.0 Å². The Morgan fingerprint density at radius 2 is 1.82 bits per heavy atom. The van der Waals surface area contributed by atoms with Crippen LogP contribution in [0.25, 0.3) is 16.7 Å². The van der Waals surface area contributed by atoms with Crippen molar-refractivity contribution in [1.29, 1.82) is 0 Å². The lowest BCUT2D eigenvalue weighted by molar-refractivity contribution is -0.138. The molecule has 12 heteroatoms. The number of aromatic nitrogens is 4. The van der Waals surface area contributed by atoms with Crippen LogP contribution in [0.1, 0.15) is 45.4 Å². The van der Waals surface area contributed by atoms with Gasteiger partial charge in [0.2, 0.25) is 0 Å². The van der Waals surface area contributed by atoms with Crippen LogP contribution in [0.4, 0.5) is 13.2 Å². The largest absolute Gasteiger partial charge is 0.462 e. The molecule has 0 atom stereocenters. The van der Waals surface area contributed by atoms with Crippen LogP contribution in [-0.2, 0) is 31.1 Å². The molecule has 0 saturated heterocycles. The van der Waals surface area contributed by atoms with Gasteiger partial charge in [0.25, 0.3) is 5.56 Å². The lowest BCUT2D eigenvalue weighted by atomic mass is 10.0. The molecule has 200 valence electrons. The van der Waals surface area contributed by atoms with Crippen LogP contribution in [0.3, 0.4) is 0 Å². The molecule has 0 aliphatic heterocycles. The monoisotopic (exact) mass is 529 g/mol. The minimum Gasteiger partial charge on any atom is -0.462 e. The maximum Gasteiger partial charge on any atom is 0.416 e. The van der Waals surface area contributed by atoms with Crippen molar-refractivity contribution in [3.63, 3.8) is 0 Å². The third-order valence-electron chi connectivity index (χ3n) is 6.56. The minimum atomic E-state index is -4.62. The first kappa shape index (κ1) is 26.9. The van der Waals surface area contributed by atoms with Crippen LogP contribution in [0, 0.1) is 13.8 Å². The highest BCUT2D eigenvalue weighted by molar-refractivity contribution is 5.89. The predicted octanol–water partition coefficient (Wildman–Crippen LogP) is 3.21. The van der Waals surface area contributed by atoms with Gasteiger partial charge < -0.3 is 15.0 Å². The minimum absolute atomic E-state index is 0.0229. The van der Waals surface area contributed by atoms with Gasteiger partial charge in [-0.2, -0.15) is 13.2 Å². The first-order valence-corrected chi connectivity index (χ1v) is 11.7. The van der Waals surface area contributed by atoms with Gasteiger partial charge in [-0.05, 0) is 50.1 Å². The molecule has 2 aromatic carbocycles. The maximum absolute atomic E-state index is 13.6. The molecule has 38 heavy (non-hydrogen) atoms. The fourth-order valence-corrected chi connectivity index (χ4v) is 4.47. The number of halogens is 3. The van der Waals surface area contributed by atoms with Crippen LogP contribution in [0.2, 0.25) is 0 Å². The first-order chi connectivity index (χ1) is 17.9. The molecule has 0 unspecified atom stereocenters. The van der Waals surface area contributed by atoms with Gasteiger partial charge in [0.1, 0.15) is 11.4 Å². The summed E-state index contributed by atoms with van der Waals surface area (Å²) >= 11 is 0. The quantitative estimate of drug-likeness (QED) is 0.384. The van der Waals surface area contributed by atoms with Crippen LogP contribution < -0.4 is 17.0 Å². The van der Waals surface area contributed by atoms with Crippen molar-refractivity contribution in [2.45, 2.75) is 40.0 Å². The van der Waals surface area contributed by atoms with Gasteiger partial charge in [-0.1, -0.05) is 12.1 Å². The summed E-state index contributed by atoms with van der Waals surface area (Å²) in [7, 11) is 1.80. The van der Waals surface area contributed by atoms with Crippen LogP contribution in [0.15, 0.2) is 46.1 Å². The summed E-state index contributed by atoms with van der Waals surface area (Å²) in [6, 6.07) is 6.90. The zero-order valence-corrected chi connectivity index (χ0v) is 21.2. The second kappa shape index (κ2) is 9.93. The van der Waals surface area contributed by atoms with E-state index in [0.717, 1.165) is 26.9 Å². The van der Waals surface area contributed by atoms with E-state index in [-0.39, 0.29) is 24.3 Å². The van der Waals surface area contributed by atoms with Gasteiger partial charge in [-0.25, -0.2) is 14.6 Å². The van der Waals surface area contributed by atoms with Crippen LogP contribution in [0.5, 0.6) is 0 Å². The molecule has 0 spiro atoms. The molecule has 0 fully saturated rings. The van der Waals surface area contributed by atoms with Crippen molar-refractivity contribution in [3.8, 4) is 5.69 Å². The summed E-state index contributed by atoms with van der Waals surface area (Å²) in [5.74, 6) is -0.340. The highest BCUT2D eigenvalue weighted by atomic mass is 19.4. The topological polar surface area (TPSA) is 114 Å². The second-order valence-corrected chi connectivity index (χ2v) is 8.76. The number of fused-ring (bicyclic) bond motifs is 1. The van der Waals surface area contributed by atoms with Crippen molar-refractivity contribution in [1.82, 2.24) is 18.7 Å². The molecule has 0 amide bonds. The highest BCUT2D eigenvalue weighted by Gasteiger charge is 2.33. The number of imidazole rings is 1. The van der Waals surface area contributed by atoms with E-state index in [2.05, 4.69) is 4.98 Å². The predicted molar refractivity (Wildman–Crippen MR) is 134 cm³/mol. The third-order valence-corrected chi connectivity index (χ3v) is 6.56. The number of nitrogens with zero attached hydrogens (tertiary/aromatic N) is 4. The lowest BCUT2D eigenvalue weighted by Gasteiger charge is -2.17.